The summed E-state index contributed by atoms with van der Waals surface area (Å²) in [5.74, 6) is 0. The highest BCUT2D eigenvalue weighted by molar-refractivity contribution is 4.67. The lowest BCUT2D eigenvalue weighted by atomic mass is 10.0. The zero-order valence-electron chi connectivity index (χ0n) is 8.67. The first-order chi connectivity index (χ1) is 6.36. The molecule has 1 rings (SSSR count). The molecule has 13 heavy (non-hydrogen) atoms. The first-order valence-corrected chi connectivity index (χ1v) is 5.63. The number of ether oxygens (including phenoxy) is 1. The summed E-state index contributed by atoms with van der Waals surface area (Å²) in [6.07, 6.45) is 8.94. The van der Waals surface area contributed by atoms with Crippen molar-refractivity contribution in [3.05, 3.63) is 0 Å². The van der Waals surface area contributed by atoms with E-state index in [1.54, 1.807) is 0 Å². The Balaban J connectivity index is 2.33. The third-order valence-corrected chi connectivity index (χ3v) is 2.84. The van der Waals surface area contributed by atoms with E-state index in [2.05, 4.69) is 6.92 Å². The molecule has 0 saturated carbocycles. The van der Waals surface area contributed by atoms with Gasteiger partial charge in [-0.15, -0.1) is 0 Å². The maximum atomic E-state index is 8.86. The second kappa shape index (κ2) is 6.39. The molecule has 0 spiro atoms. The van der Waals surface area contributed by atoms with Crippen LogP contribution in [0.1, 0.15) is 51.9 Å². The molecule has 78 valence electrons. The molecular weight excluding hydrogens is 164 g/mol. The monoisotopic (exact) mass is 186 g/mol. The van der Waals surface area contributed by atoms with Crippen LogP contribution in [0, 0.1) is 0 Å². The fourth-order valence-corrected chi connectivity index (χ4v) is 1.99. The van der Waals surface area contributed by atoms with Gasteiger partial charge >= 0.3 is 0 Å². The maximum absolute atomic E-state index is 8.86. The molecule has 0 radical (unpaired) electrons. The predicted molar refractivity (Wildman–Crippen MR) is 53.7 cm³/mol. The van der Waals surface area contributed by atoms with E-state index in [0.717, 1.165) is 19.3 Å². The molecule has 1 heterocycles. The van der Waals surface area contributed by atoms with Gasteiger partial charge in [0.15, 0.2) is 0 Å². The number of aliphatic hydroxyl groups is 1. The molecule has 1 saturated heterocycles. The predicted octanol–water partition coefficient (Wildman–Crippen LogP) is 2.50. The highest BCUT2D eigenvalue weighted by Gasteiger charge is 2.17. The summed E-state index contributed by atoms with van der Waals surface area (Å²) in [7, 11) is 0. The van der Waals surface area contributed by atoms with Crippen molar-refractivity contribution >= 4 is 0 Å². The Morgan fingerprint density at radius 1 is 1.15 bits per heavy atom. The van der Waals surface area contributed by atoms with Gasteiger partial charge in [0.2, 0.25) is 0 Å². The summed E-state index contributed by atoms with van der Waals surface area (Å²) in [4.78, 5) is 0. The van der Waals surface area contributed by atoms with Crippen molar-refractivity contribution in [2.24, 2.45) is 0 Å². The van der Waals surface area contributed by atoms with Crippen LogP contribution in [0.25, 0.3) is 0 Å². The molecule has 1 fully saturated rings. The van der Waals surface area contributed by atoms with Gasteiger partial charge in [-0.25, -0.2) is 0 Å². The number of rotatable bonds is 3. The van der Waals surface area contributed by atoms with Gasteiger partial charge in [0.25, 0.3) is 0 Å². The Kier molecular flexibility index (Phi) is 5.40. The topological polar surface area (TPSA) is 29.5 Å². The Morgan fingerprint density at radius 3 is 2.46 bits per heavy atom. The van der Waals surface area contributed by atoms with E-state index in [4.69, 9.17) is 9.84 Å². The quantitative estimate of drug-likeness (QED) is 0.733. The van der Waals surface area contributed by atoms with E-state index < -0.39 is 0 Å². The second-order valence-corrected chi connectivity index (χ2v) is 3.94. The Labute approximate surface area is 81.3 Å². The number of hydrogen-bond donors (Lipinski definition) is 1. The zero-order chi connectivity index (χ0) is 9.52. The lowest BCUT2D eigenvalue weighted by molar-refractivity contribution is -0.0404. The highest BCUT2D eigenvalue weighted by atomic mass is 16.5. The van der Waals surface area contributed by atoms with E-state index in [9.17, 15) is 0 Å². The van der Waals surface area contributed by atoms with Gasteiger partial charge in [-0.2, -0.15) is 0 Å². The summed E-state index contributed by atoms with van der Waals surface area (Å²) < 4.78 is 5.92. The van der Waals surface area contributed by atoms with E-state index in [1.165, 1.54) is 25.7 Å². The van der Waals surface area contributed by atoms with E-state index in [0.29, 0.717) is 12.2 Å². The minimum absolute atomic E-state index is 0.265. The molecule has 2 atom stereocenters. The molecule has 1 aliphatic rings. The largest absolute Gasteiger partial charge is 0.396 e. The molecule has 2 heteroatoms. The lowest BCUT2D eigenvalue weighted by Gasteiger charge is -2.26. The molecule has 0 aromatic carbocycles. The van der Waals surface area contributed by atoms with Gasteiger partial charge in [0.1, 0.15) is 0 Å². The van der Waals surface area contributed by atoms with Gasteiger partial charge in [0.05, 0.1) is 12.2 Å². The third-order valence-electron chi connectivity index (χ3n) is 2.84. The molecule has 0 aromatic heterocycles. The molecule has 0 amide bonds. The van der Waals surface area contributed by atoms with Crippen molar-refractivity contribution in [2.75, 3.05) is 6.61 Å². The molecular formula is C11H22O2. The van der Waals surface area contributed by atoms with Crippen molar-refractivity contribution in [1.29, 1.82) is 0 Å². The SMILES string of the molecule is CCC1CCCCCC(CCO)O1. The van der Waals surface area contributed by atoms with Crippen LogP contribution in [-0.4, -0.2) is 23.9 Å². The smallest absolute Gasteiger partial charge is 0.0600 e. The highest BCUT2D eigenvalue weighted by Crippen LogP contribution is 2.21. The van der Waals surface area contributed by atoms with Crippen LogP contribution < -0.4 is 0 Å². The van der Waals surface area contributed by atoms with Gasteiger partial charge < -0.3 is 9.84 Å². The summed E-state index contributed by atoms with van der Waals surface area (Å²) in [5, 5.41) is 8.86. The van der Waals surface area contributed by atoms with Crippen LogP contribution in [0.5, 0.6) is 0 Å². The molecule has 0 aliphatic carbocycles. The van der Waals surface area contributed by atoms with Crippen LogP contribution in [0.2, 0.25) is 0 Å². The molecule has 2 unspecified atom stereocenters. The van der Waals surface area contributed by atoms with Crippen LogP contribution in [0.3, 0.4) is 0 Å². The third kappa shape index (κ3) is 4.10. The van der Waals surface area contributed by atoms with Crippen LogP contribution in [0.15, 0.2) is 0 Å². The van der Waals surface area contributed by atoms with Crippen LogP contribution in [0.4, 0.5) is 0 Å². The van der Waals surface area contributed by atoms with Gasteiger partial charge in [-0.3, -0.25) is 0 Å². The van der Waals surface area contributed by atoms with E-state index in [1.807, 2.05) is 0 Å². The molecule has 0 bridgehead atoms. The maximum Gasteiger partial charge on any atom is 0.0600 e. The Morgan fingerprint density at radius 2 is 1.85 bits per heavy atom. The summed E-state index contributed by atoms with van der Waals surface area (Å²) in [6, 6.07) is 0. The Hall–Kier alpha value is -0.0800. The average molecular weight is 186 g/mol. The van der Waals surface area contributed by atoms with Crippen molar-refractivity contribution in [2.45, 2.75) is 64.1 Å². The first-order valence-electron chi connectivity index (χ1n) is 5.63. The summed E-state index contributed by atoms with van der Waals surface area (Å²) in [6.45, 7) is 2.45. The molecule has 0 aromatic rings. The molecule has 2 nitrogen and oxygen atoms in total. The summed E-state index contributed by atoms with van der Waals surface area (Å²) >= 11 is 0. The minimum atomic E-state index is 0.265. The second-order valence-electron chi connectivity index (χ2n) is 3.94. The molecule has 1 N–H and O–H groups in total. The first kappa shape index (κ1) is 11.0. The molecule has 1 aliphatic heterocycles. The van der Waals surface area contributed by atoms with E-state index >= 15 is 0 Å². The average Bonchev–Trinajstić information content (AvgIpc) is 2.09. The minimum Gasteiger partial charge on any atom is -0.396 e. The lowest BCUT2D eigenvalue weighted by Crippen LogP contribution is -2.24. The number of aliphatic hydroxyl groups excluding tert-OH is 1. The van der Waals surface area contributed by atoms with Crippen molar-refractivity contribution in [3.63, 3.8) is 0 Å². The Bertz CT molecular complexity index is 125. The number of hydrogen-bond acceptors (Lipinski definition) is 2. The van der Waals surface area contributed by atoms with Gasteiger partial charge in [-0.1, -0.05) is 26.2 Å². The van der Waals surface area contributed by atoms with Gasteiger partial charge in [-0.05, 0) is 25.7 Å². The normalized spacial score (nSPS) is 30.9. The summed E-state index contributed by atoms with van der Waals surface area (Å²) in [5.41, 5.74) is 0. The van der Waals surface area contributed by atoms with Crippen molar-refractivity contribution < 1.29 is 9.84 Å². The fraction of sp³-hybridized carbons (Fsp3) is 1.00. The van der Waals surface area contributed by atoms with Crippen LogP contribution in [-0.2, 0) is 4.74 Å². The zero-order valence-corrected chi connectivity index (χ0v) is 8.67. The fourth-order valence-electron chi connectivity index (χ4n) is 1.99. The standard InChI is InChI=1S/C11H22O2/c1-2-10-6-4-3-5-7-11(13-10)8-9-12/h10-12H,2-9H2,1H3. The van der Waals surface area contributed by atoms with Crippen LogP contribution >= 0.6 is 0 Å². The van der Waals surface area contributed by atoms with Gasteiger partial charge in [0, 0.05) is 6.61 Å². The van der Waals surface area contributed by atoms with Crippen molar-refractivity contribution in [1.82, 2.24) is 0 Å². The van der Waals surface area contributed by atoms with Crippen molar-refractivity contribution in [3.8, 4) is 0 Å². The van der Waals surface area contributed by atoms with E-state index in [-0.39, 0.29) is 6.61 Å².